The van der Waals surface area contributed by atoms with E-state index in [1.165, 1.54) is 0 Å². The van der Waals surface area contributed by atoms with Gasteiger partial charge in [0.25, 0.3) is 0 Å². The Bertz CT molecular complexity index is 445. The molecule has 22 heavy (non-hydrogen) atoms. The summed E-state index contributed by atoms with van der Waals surface area (Å²) >= 11 is 0. The summed E-state index contributed by atoms with van der Waals surface area (Å²) in [7, 11) is 0. The fraction of sp³-hybridized carbons (Fsp3) is 0.800. The SMILES string of the molecule is [C-]#[N+]CC(C(=O)C(C[N+]#[C-])N1CC[C@@H](F)C1)N1CC[C@@H](F)C1. The molecule has 5 nitrogen and oxygen atoms in total. The maximum absolute atomic E-state index is 13.4. The number of likely N-dealkylation sites (tertiary alicyclic amines) is 2. The van der Waals surface area contributed by atoms with E-state index in [1.54, 1.807) is 9.80 Å². The summed E-state index contributed by atoms with van der Waals surface area (Å²) in [4.78, 5) is 22.8. The van der Waals surface area contributed by atoms with Gasteiger partial charge in [-0.25, -0.2) is 21.9 Å². The summed E-state index contributed by atoms with van der Waals surface area (Å²) in [5.41, 5.74) is 0. The van der Waals surface area contributed by atoms with E-state index in [9.17, 15) is 13.6 Å². The molecule has 2 fully saturated rings. The van der Waals surface area contributed by atoms with Gasteiger partial charge in [0.15, 0.2) is 5.78 Å². The van der Waals surface area contributed by atoms with Crippen LogP contribution in [-0.2, 0) is 4.79 Å². The van der Waals surface area contributed by atoms with Gasteiger partial charge in [-0.3, -0.25) is 14.6 Å². The fourth-order valence-electron chi connectivity index (χ4n) is 3.22. The van der Waals surface area contributed by atoms with E-state index >= 15 is 0 Å². The van der Waals surface area contributed by atoms with Gasteiger partial charge in [0.2, 0.25) is 13.1 Å². The Morgan fingerprint density at radius 3 is 1.68 bits per heavy atom. The molecule has 7 heteroatoms. The van der Waals surface area contributed by atoms with Crippen LogP contribution in [-0.4, -0.2) is 79.3 Å². The van der Waals surface area contributed by atoms with Gasteiger partial charge in [-0.2, -0.15) is 0 Å². The second-order valence-corrected chi connectivity index (χ2v) is 5.88. The third-order valence-electron chi connectivity index (χ3n) is 4.39. The molecule has 0 saturated carbocycles. The Kier molecular flexibility index (Phi) is 5.82. The Balaban J connectivity index is 2.12. The van der Waals surface area contributed by atoms with E-state index in [0.29, 0.717) is 25.9 Å². The Morgan fingerprint density at radius 2 is 1.41 bits per heavy atom. The molecule has 0 spiro atoms. The zero-order valence-corrected chi connectivity index (χ0v) is 12.4. The van der Waals surface area contributed by atoms with Crippen molar-refractivity contribution in [3.05, 3.63) is 22.8 Å². The van der Waals surface area contributed by atoms with Gasteiger partial charge in [0.05, 0.1) is 0 Å². The molecule has 0 amide bonds. The van der Waals surface area contributed by atoms with Crippen LogP contribution in [0.2, 0.25) is 0 Å². The number of carbonyl (C=O) groups is 1. The lowest BCUT2D eigenvalue weighted by atomic mass is 10.0. The highest BCUT2D eigenvalue weighted by Crippen LogP contribution is 2.21. The van der Waals surface area contributed by atoms with Gasteiger partial charge < -0.3 is 9.69 Å². The van der Waals surface area contributed by atoms with Crippen LogP contribution in [0.15, 0.2) is 0 Å². The molecular weight excluding hydrogens is 290 g/mol. The van der Waals surface area contributed by atoms with E-state index < -0.39 is 24.4 Å². The van der Waals surface area contributed by atoms with E-state index in [-0.39, 0.29) is 32.0 Å². The van der Waals surface area contributed by atoms with Crippen molar-refractivity contribution in [3.8, 4) is 0 Å². The molecule has 0 radical (unpaired) electrons. The molecule has 0 aromatic carbocycles. The molecule has 0 aromatic heterocycles. The summed E-state index contributed by atoms with van der Waals surface area (Å²) in [6.07, 6.45) is -1.21. The number of rotatable bonds is 6. The molecule has 0 bridgehead atoms. The van der Waals surface area contributed by atoms with Crippen LogP contribution in [0, 0.1) is 13.1 Å². The lowest BCUT2D eigenvalue weighted by molar-refractivity contribution is -0.128. The van der Waals surface area contributed by atoms with Crippen LogP contribution in [0.25, 0.3) is 9.69 Å². The first-order valence-corrected chi connectivity index (χ1v) is 7.53. The monoisotopic (exact) mass is 310 g/mol. The summed E-state index contributed by atoms with van der Waals surface area (Å²) in [5, 5.41) is 0. The first-order chi connectivity index (χ1) is 10.6. The summed E-state index contributed by atoms with van der Waals surface area (Å²) in [5.74, 6) is -0.241. The maximum Gasteiger partial charge on any atom is 0.237 e. The number of hydrogen-bond acceptors (Lipinski definition) is 3. The van der Waals surface area contributed by atoms with E-state index in [4.69, 9.17) is 13.1 Å². The normalized spacial score (nSPS) is 28.9. The van der Waals surface area contributed by atoms with E-state index in [0.717, 1.165) is 0 Å². The van der Waals surface area contributed by atoms with Crippen molar-refractivity contribution in [1.82, 2.24) is 9.80 Å². The van der Waals surface area contributed by atoms with Crippen LogP contribution in [0.3, 0.4) is 0 Å². The van der Waals surface area contributed by atoms with Crippen LogP contribution >= 0.6 is 0 Å². The molecule has 2 saturated heterocycles. The average molecular weight is 310 g/mol. The van der Waals surface area contributed by atoms with Crippen molar-refractivity contribution >= 4 is 5.78 Å². The predicted octanol–water partition coefficient (Wildman–Crippen LogP) is 1.22. The van der Waals surface area contributed by atoms with Gasteiger partial charge in [-0.1, -0.05) is 0 Å². The van der Waals surface area contributed by atoms with E-state index in [2.05, 4.69) is 9.69 Å². The molecule has 2 unspecified atom stereocenters. The molecule has 4 atom stereocenters. The third-order valence-corrected chi connectivity index (χ3v) is 4.39. The highest BCUT2D eigenvalue weighted by molar-refractivity contribution is 5.90. The standard InChI is InChI=1S/C15H20F2N4O/c1-18-7-13(20-5-3-11(16)9-20)15(22)14(8-19-2)21-6-4-12(17)10-21/h11-14H,3-10H2/t11-,12-,13?,14?/m1/s1. The van der Waals surface area contributed by atoms with Crippen LogP contribution in [0.4, 0.5) is 8.78 Å². The predicted molar refractivity (Wildman–Crippen MR) is 77.7 cm³/mol. The highest BCUT2D eigenvalue weighted by Gasteiger charge is 2.42. The van der Waals surface area contributed by atoms with Crippen molar-refractivity contribution in [3.63, 3.8) is 0 Å². The quantitative estimate of drug-likeness (QED) is 0.692. The molecule has 120 valence electrons. The van der Waals surface area contributed by atoms with Crippen molar-refractivity contribution in [2.24, 2.45) is 0 Å². The molecular formula is C15H20F2N4O. The molecule has 0 N–H and O–H groups in total. The number of ketones is 1. The maximum atomic E-state index is 13.4. The largest absolute Gasteiger partial charge is 0.315 e. The van der Waals surface area contributed by atoms with E-state index in [1.807, 2.05) is 0 Å². The smallest absolute Gasteiger partial charge is 0.237 e. The second-order valence-electron chi connectivity index (χ2n) is 5.88. The number of alkyl halides is 2. The van der Waals surface area contributed by atoms with Gasteiger partial charge in [0.1, 0.15) is 24.4 Å². The lowest BCUT2D eigenvalue weighted by Gasteiger charge is -2.28. The fourth-order valence-corrected chi connectivity index (χ4v) is 3.22. The summed E-state index contributed by atoms with van der Waals surface area (Å²) in [6.45, 7) is 15.2. The van der Waals surface area contributed by atoms with Gasteiger partial charge in [-0.15, -0.1) is 0 Å². The highest BCUT2D eigenvalue weighted by atomic mass is 19.1. The summed E-state index contributed by atoms with van der Waals surface area (Å²) < 4.78 is 26.8. The number of nitrogens with zero attached hydrogens (tertiary/aromatic N) is 4. The molecule has 0 aliphatic carbocycles. The first kappa shape index (κ1) is 16.8. The zero-order valence-electron chi connectivity index (χ0n) is 12.4. The number of Topliss-reactive ketones (excluding diaryl/α,β-unsaturated/α-hetero) is 1. The minimum atomic E-state index is -0.970. The Labute approximate surface area is 129 Å². The first-order valence-electron chi connectivity index (χ1n) is 7.53. The third kappa shape index (κ3) is 3.79. The minimum absolute atomic E-state index is 0.0348. The van der Waals surface area contributed by atoms with Gasteiger partial charge in [0, 0.05) is 26.2 Å². The van der Waals surface area contributed by atoms with Gasteiger partial charge in [-0.05, 0) is 12.8 Å². The Hall–Kier alpha value is -1.57. The van der Waals surface area contributed by atoms with Crippen molar-refractivity contribution in [2.75, 3.05) is 39.3 Å². The number of halogens is 2. The Morgan fingerprint density at radius 1 is 1.00 bits per heavy atom. The van der Waals surface area contributed by atoms with Crippen molar-refractivity contribution in [1.29, 1.82) is 0 Å². The molecule has 2 heterocycles. The zero-order chi connectivity index (χ0) is 16.1. The lowest BCUT2D eigenvalue weighted by Crippen LogP contribution is -2.52. The van der Waals surface area contributed by atoms with Crippen molar-refractivity contribution < 1.29 is 13.6 Å². The topological polar surface area (TPSA) is 32.3 Å². The molecule has 2 rings (SSSR count). The summed E-state index contributed by atoms with van der Waals surface area (Å²) in [6, 6.07) is -1.38. The van der Waals surface area contributed by atoms with Crippen LogP contribution in [0.1, 0.15) is 12.8 Å². The molecule has 2 aliphatic heterocycles. The number of carbonyl (C=O) groups excluding carboxylic acids is 1. The minimum Gasteiger partial charge on any atom is -0.315 e. The van der Waals surface area contributed by atoms with Crippen LogP contribution in [0.5, 0.6) is 0 Å². The van der Waals surface area contributed by atoms with Crippen LogP contribution < -0.4 is 0 Å². The average Bonchev–Trinajstić information content (AvgIpc) is 3.10. The molecule has 2 aliphatic rings. The van der Waals surface area contributed by atoms with Crippen molar-refractivity contribution in [2.45, 2.75) is 37.3 Å². The number of hydrogen-bond donors (Lipinski definition) is 0. The molecule has 0 aromatic rings. The second kappa shape index (κ2) is 7.62. The van der Waals surface area contributed by atoms with Gasteiger partial charge >= 0.3 is 0 Å².